The Morgan fingerprint density at radius 3 is 2.70 bits per heavy atom. The van der Waals surface area contributed by atoms with Gasteiger partial charge in [0.15, 0.2) is 0 Å². The van der Waals surface area contributed by atoms with E-state index in [0.717, 1.165) is 0 Å². The molecule has 0 spiro atoms. The Morgan fingerprint density at radius 2 is 2.30 bits per heavy atom. The average Bonchev–Trinajstić information content (AvgIpc) is 1.88. The van der Waals surface area contributed by atoms with Crippen molar-refractivity contribution < 1.29 is 0 Å². The Kier molecular flexibility index (Phi) is 2.50. The predicted molar refractivity (Wildman–Crippen MR) is 45.0 cm³/mol. The lowest BCUT2D eigenvalue weighted by atomic mass is 9.91. The van der Waals surface area contributed by atoms with Gasteiger partial charge in [-0.05, 0) is 25.3 Å². The Labute approximate surface area is 63.5 Å². The molecule has 0 aliphatic carbocycles. The van der Waals surface area contributed by atoms with Crippen molar-refractivity contribution in [2.75, 3.05) is 6.54 Å². The molecular weight excluding hydrogens is 122 g/mol. The van der Waals surface area contributed by atoms with E-state index in [1.807, 2.05) is 0 Å². The van der Waals surface area contributed by atoms with E-state index in [1.165, 1.54) is 25.0 Å². The molecule has 10 heavy (non-hydrogen) atoms. The summed E-state index contributed by atoms with van der Waals surface area (Å²) in [4.78, 5) is 0. The van der Waals surface area contributed by atoms with Crippen LogP contribution in [0.2, 0.25) is 0 Å². The topological polar surface area (TPSA) is 12.0 Å². The number of hydrogen-bond donors (Lipinski definition) is 1. The third-order valence-corrected chi connectivity index (χ3v) is 2.15. The van der Waals surface area contributed by atoms with Crippen LogP contribution in [-0.2, 0) is 0 Å². The number of piperidine rings is 1. The lowest BCUT2D eigenvalue weighted by Crippen LogP contribution is -2.39. The van der Waals surface area contributed by atoms with Crippen LogP contribution >= 0.6 is 0 Å². The van der Waals surface area contributed by atoms with Gasteiger partial charge in [-0.15, -0.1) is 0 Å². The van der Waals surface area contributed by atoms with Crippen LogP contribution in [0.25, 0.3) is 0 Å². The summed E-state index contributed by atoms with van der Waals surface area (Å²) in [5.74, 6) is 0.702. The van der Waals surface area contributed by atoms with Crippen molar-refractivity contribution in [2.24, 2.45) is 5.92 Å². The fourth-order valence-electron chi connectivity index (χ4n) is 1.58. The van der Waals surface area contributed by atoms with Gasteiger partial charge in [-0.1, -0.05) is 26.0 Å². The molecule has 0 radical (unpaired) electrons. The van der Waals surface area contributed by atoms with Crippen molar-refractivity contribution in [3.8, 4) is 0 Å². The van der Waals surface area contributed by atoms with E-state index < -0.39 is 0 Å². The van der Waals surface area contributed by atoms with Crippen molar-refractivity contribution in [3.05, 3.63) is 12.2 Å². The highest BCUT2D eigenvalue weighted by Gasteiger charge is 2.18. The fraction of sp³-hybridized carbons (Fsp3) is 0.778. The lowest BCUT2D eigenvalue weighted by molar-refractivity contribution is 0.401. The summed E-state index contributed by atoms with van der Waals surface area (Å²) in [6.07, 6.45) is 2.48. The third-order valence-electron chi connectivity index (χ3n) is 2.15. The van der Waals surface area contributed by atoms with E-state index in [9.17, 15) is 0 Å². The molecule has 1 atom stereocenters. The Hall–Kier alpha value is -0.300. The Morgan fingerprint density at radius 1 is 1.60 bits per heavy atom. The van der Waals surface area contributed by atoms with Gasteiger partial charge in [0.05, 0.1) is 0 Å². The average molecular weight is 139 g/mol. The van der Waals surface area contributed by atoms with Gasteiger partial charge in [0.1, 0.15) is 0 Å². The molecule has 0 aromatic heterocycles. The number of nitrogens with one attached hydrogen (secondary N) is 1. The molecule has 1 saturated heterocycles. The van der Waals surface area contributed by atoms with Gasteiger partial charge in [-0.2, -0.15) is 0 Å². The van der Waals surface area contributed by atoms with Gasteiger partial charge < -0.3 is 5.32 Å². The zero-order chi connectivity index (χ0) is 7.56. The second kappa shape index (κ2) is 3.20. The molecule has 1 nitrogen and oxygen atoms in total. The van der Waals surface area contributed by atoms with E-state index in [2.05, 4.69) is 25.7 Å². The van der Waals surface area contributed by atoms with E-state index in [-0.39, 0.29) is 0 Å². The summed E-state index contributed by atoms with van der Waals surface area (Å²) in [7, 11) is 0. The summed E-state index contributed by atoms with van der Waals surface area (Å²) in [6.45, 7) is 9.71. The van der Waals surface area contributed by atoms with Crippen molar-refractivity contribution in [2.45, 2.75) is 32.7 Å². The first-order valence-electron chi connectivity index (χ1n) is 4.13. The van der Waals surface area contributed by atoms with Gasteiger partial charge in [-0.25, -0.2) is 0 Å². The van der Waals surface area contributed by atoms with Gasteiger partial charge >= 0.3 is 0 Å². The summed E-state index contributed by atoms with van der Waals surface area (Å²) < 4.78 is 0. The van der Waals surface area contributed by atoms with Crippen LogP contribution in [0, 0.1) is 5.92 Å². The number of hydrogen-bond acceptors (Lipinski definition) is 1. The molecule has 0 bridgehead atoms. The van der Waals surface area contributed by atoms with Crippen molar-refractivity contribution in [1.82, 2.24) is 5.32 Å². The fourth-order valence-corrected chi connectivity index (χ4v) is 1.58. The first kappa shape index (κ1) is 7.80. The first-order valence-corrected chi connectivity index (χ1v) is 4.13. The minimum absolute atomic E-state index is 0.578. The molecule has 1 fully saturated rings. The highest BCUT2D eigenvalue weighted by molar-refractivity contribution is 5.09. The largest absolute Gasteiger partial charge is 0.310 e. The zero-order valence-electron chi connectivity index (χ0n) is 6.98. The Bertz CT molecular complexity index is 127. The zero-order valence-corrected chi connectivity index (χ0v) is 6.98. The van der Waals surface area contributed by atoms with Crippen LogP contribution in [0.4, 0.5) is 0 Å². The van der Waals surface area contributed by atoms with E-state index in [1.54, 1.807) is 0 Å². The van der Waals surface area contributed by atoms with Crippen LogP contribution in [0.3, 0.4) is 0 Å². The van der Waals surface area contributed by atoms with E-state index in [4.69, 9.17) is 0 Å². The van der Waals surface area contributed by atoms with Crippen LogP contribution in [0.1, 0.15) is 26.7 Å². The molecule has 1 rings (SSSR count). The molecule has 0 aromatic carbocycles. The summed E-state index contributed by atoms with van der Waals surface area (Å²) in [5, 5.41) is 3.47. The smallest absolute Gasteiger partial charge is 0.0299 e. The summed E-state index contributed by atoms with van der Waals surface area (Å²) in [6, 6.07) is 0.578. The van der Waals surface area contributed by atoms with Gasteiger partial charge in [0.25, 0.3) is 0 Å². The van der Waals surface area contributed by atoms with Gasteiger partial charge in [0, 0.05) is 6.04 Å². The molecule has 1 heteroatoms. The first-order chi connectivity index (χ1) is 4.72. The van der Waals surface area contributed by atoms with E-state index in [0.29, 0.717) is 12.0 Å². The third kappa shape index (κ3) is 1.60. The molecule has 0 amide bonds. The number of rotatable bonds is 1. The molecule has 1 unspecified atom stereocenters. The molecular formula is C9H17N. The molecule has 1 N–H and O–H groups in total. The second-order valence-corrected chi connectivity index (χ2v) is 3.44. The molecule has 1 aliphatic heterocycles. The van der Waals surface area contributed by atoms with Crippen molar-refractivity contribution >= 4 is 0 Å². The normalized spacial score (nSPS) is 27.5. The summed E-state index contributed by atoms with van der Waals surface area (Å²) >= 11 is 0. The Balaban J connectivity index is 2.48. The lowest BCUT2D eigenvalue weighted by Gasteiger charge is -2.29. The minimum atomic E-state index is 0.578. The maximum Gasteiger partial charge on any atom is 0.0299 e. The van der Waals surface area contributed by atoms with Gasteiger partial charge in [0.2, 0.25) is 0 Å². The molecule has 58 valence electrons. The maximum absolute atomic E-state index is 4.05. The van der Waals surface area contributed by atoms with Crippen molar-refractivity contribution in [1.29, 1.82) is 0 Å². The van der Waals surface area contributed by atoms with Crippen LogP contribution in [0.15, 0.2) is 12.2 Å². The molecule has 1 aliphatic rings. The van der Waals surface area contributed by atoms with Crippen LogP contribution in [0.5, 0.6) is 0 Å². The van der Waals surface area contributed by atoms with Crippen LogP contribution < -0.4 is 5.32 Å². The molecule has 0 saturated carbocycles. The monoisotopic (exact) mass is 139 g/mol. The van der Waals surface area contributed by atoms with Crippen molar-refractivity contribution in [3.63, 3.8) is 0 Å². The molecule has 1 heterocycles. The highest BCUT2D eigenvalue weighted by Crippen LogP contribution is 2.18. The minimum Gasteiger partial charge on any atom is -0.310 e. The van der Waals surface area contributed by atoms with E-state index >= 15 is 0 Å². The summed E-state index contributed by atoms with van der Waals surface area (Å²) in [5.41, 5.74) is 1.39. The standard InChI is InChI=1S/C9H17N/c1-7(2)9-8(3)5-4-6-10-9/h7,9-10H,3-6H2,1-2H3. The predicted octanol–water partition coefficient (Wildman–Crippen LogP) is 1.95. The SMILES string of the molecule is C=C1CCCNC1C(C)C. The van der Waals surface area contributed by atoms with Gasteiger partial charge in [-0.3, -0.25) is 0 Å². The van der Waals surface area contributed by atoms with Crippen LogP contribution in [-0.4, -0.2) is 12.6 Å². The second-order valence-electron chi connectivity index (χ2n) is 3.44. The highest BCUT2D eigenvalue weighted by atomic mass is 14.9. The quantitative estimate of drug-likeness (QED) is 0.547. The maximum atomic E-state index is 4.05. The molecule has 0 aromatic rings.